The van der Waals surface area contributed by atoms with Crippen molar-refractivity contribution in [3.05, 3.63) is 70.0 Å². The number of primary amides is 1. The summed E-state index contributed by atoms with van der Waals surface area (Å²) in [4.78, 5) is 10.9. The summed E-state index contributed by atoms with van der Waals surface area (Å²) in [6, 6.07) is 11.2. The lowest BCUT2D eigenvalue weighted by atomic mass is 10.1. The van der Waals surface area contributed by atoms with Crippen LogP contribution in [-0.4, -0.2) is 40.7 Å². The highest BCUT2D eigenvalue weighted by Gasteiger charge is 2.09. The first-order chi connectivity index (χ1) is 14.0. The molecule has 8 nitrogen and oxygen atoms in total. The molecule has 3 rings (SSSR count). The van der Waals surface area contributed by atoms with Crippen molar-refractivity contribution in [2.24, 2.45) is 10.8 Å². The molecule has 0 radical (unpaired) electrons. The molecule has 3 N–H and O–H groups in total. The Labute approximate surface area is 170 Å². The fourth-order valence-corrected chi connectivity index (χ4v) is 2.70. The summed E-state index contributed by atoms with van der Waals surface area (Å²) < 4.78 is 25.5. The number of nitrogens with zero attached hydrogens (tertiary/aromatic N) is 3. The van der Waals surface area contributed by atoms with E-state index in [0.29, 0.717) is 34.1 Å². The van der Waals surface area contributed by atoms with Gasteiger partial charge in [-0.2, -0.15) is 14.9 Å². The van der Waals surface area contributed by atoms with Gasteiger partial charge in [-0.15, -0.1) is 0 Å². The molecule has 0 saturated heterocycles. The van der Waals surface area contributed by atoms with Gasteiger partial charge in [0.15, 0.2) is 23.9 Å². The van der Waals surface area contributed by atoms with E-state index in [2.05, 4.69) is 15.3 Å². The predicted octanol–water partition coefficient (Wildman–Crippen LogP) is 2.43. The van der Waals surface area contributed by atoms with Crippen molar-refractivity contribution in [2.45, 2.75) is 6.42 Å². The first-order valence-corrected chi connectivity index (χ1v) is 8.91. The van der Waals surface area contributed by atoms with Crippen LogP contribution < -0.4 is 15.2 Å². The Bertz CT molecular complexity index is 1090. The first-order valence-electron chi connectivity index (χ1n) is 8.50. The van der Waals surface area contributed by atoms with E-state index in [-0.39, 0.29) is 12.4 Å². The minimum absolute atomic E-state index is 0.249. The molecule has 1 heterocycles. The number of nitrogens with one attached hydrogen (secondary N) is 1. The third-order valence-corrected chi connectivity index (χ3v) is 4.14. The van der Waals surface area contributed by atoms with Gasteiger partial charge in [-0.25, -0.2) is 4.39 Å². The van der Waals surface area contributed by atoms with Gasteiger partial charge in [-0.3, -0.25) is 9.89 Å². The molecule has 0 spiro atoms. The van der Waals surface area contributed by atoms with E-state index in [1.165, 1.54) is 23.9 Å². The Hall–Kier alpha value is -3.53. The highest BCUT2D eigenvalue weighted by atomic mass is 32.1. The van der Waals surface area contributed by atoms with Crippen LogP contribution in [0.5, 0.6) is 11.5 Å². The molecule has 29 heavy (non-hydrogen) atoms. The Balaban J connectivity index is 1.81. The van der Waals surface area contributed by atoms with E-state index < -0.39 is 5.91 Å². The number of hydrogen-bond donors (Lipinski definition) is 2. The summed E-state index contributed by atoms with van der Waals surface area (Å²) in [5, 5.41) is 11.3. The van der Waals surface area contributed by atoms with Gasteiger partial charge in [-0.05, 0) is 53.7 Å². The molecule has 1 amide bonds. The molecular weight excluding hydrogens is 397 g/mol. The standard InChI is InChI=1S/C19H18FN5O3S/c1-27-16-8-13(4-7-15(16)28-11-17(21)26)10-22-25-18(23-24-19(25)29)9-12-2-5-14(20)6-3-12/h2-8,10H,9,11H2,1H3,(H2,21,26)(H,24,29)/b22-10-. The largest absolute Gasteiger partial charge is 0.493 e. The Kier molecular flexibility index (Phi) is 6.35. The van der Waals surface area contributed by atoms with E-state index in [4.69, 9.17) is 27.4 Å². The van der Waals surface area contributed by atoms with Crippen LogP contribution >= 0.6 is 12.2 Å². The molecular formula is C19H18FN5O3S. The van der Waals surface area contributed by atoms with Crippen LogP contribution in [0.3, 0.4) is 0 Å². The van der Waals surface area contributed by atoms with Crippen LogP contribution in [0.1, 0.15) is 17.0 Å². The van der Waals surface area contributed by atoms with Crippen molar-refractivity contribution in [2.75, 3.05) is 13.7 Å². The number of aromatic amines is 1. The highest BCUT2D eigenvalue weighted by Crippen LogP contribution is 2.27. The smallest absolute Gasteiger partial charge is 0.255 e. The number of amides is 1. The van der Waals surface area contributed by atoms with Crippen LogP contribution in [0.25, 0.3) is 0 Å². The number of nitrogens with two attached hydrogens (primary N) is 1. The van der Waals surface area contributed by atoms with Gasteiger partial charge in [-0.1, -0.05) is 12.1 Å². The first kappa shape index (κ1) is 20.2. The van der Waals surface area contributed by atoms with Crippen LogP contribution in [-0.2, 0) is 11.2 Å². The lowest BCUT2D eigenvalue weighted by molar-refractivity contribution is -0.119. The molecule has 0 bridgehead atoms. The number of benzene rings is 2. The Morgan fingerprint density at radius 1 is 1.31 bits per heavy atom. The maximum absolute atomic E-state index is 13.1. The van der Waals surface area contributed by atoms with Gasteiger partial charge in [0, 0.05) is 6.42 Å². The second kappa shape index (κ2) is 9.11. The molecule has 10 heteroatoms. The van der Waals surface area contributed by atoms with E-state index in [0.717, 1.165) is 5.56 Å². The van der Waals surface area contributed by atoms with Crippen molar-refractivity contribution in [1.29, 1.82) is 0 Å². The normalized spacial score (nSPS) is 11.0. The zero-order valence-corrected chi connectivity index (χ0v) is 16.3. The van der Waals surface area contributed by atoms with E-state index in [9.17, 15) is 9.18 Å². The average Bonchev–Trinajstić information content (AvgIpc) is 3.06. The minimum atomic E-state index is -0.583. The van der Waals surface area contributed by atoms with Crippen molar-refractivity contribution in [3.8, 4) is 11.5 Å². The van der Waals surface area contributed by atoms with Crippen molar-refractivity contribution in [3.63, 3.8) is 0 Å². The predicted molar refractivity (Wildman–Crippen MR) is 107 cm³/mol. The number of carbonyl (C=O) groups excluding carboxylic acids is 1. The van der Waals surface area contributed by atoms with Crippen LogP contribution in [0.2, 0.25) is 0 Å². The van der Waals surface area contributed by atoms with Crippen molar-refractivity contribution < 1.29 is 18.7 Å². The van der Waals surface area contributed by atoms with Crippen LogP contribution in [0, 0.1) is 10.6 Å². The Morgan fingerprint density at radius 2 is 2.07 bits per heavy atom. The number of methoxy groups -OCH3 is 1. The minimum Gasteiger partial charge on any atom is -0.493 e. The monoisotopic (exact) mass is 415 g/mol. The number of carbonyl (C=O) groups is 1. The van der Waals surface area contributed by atoms with Gasteiger partial charge in [0.2, 0.25) is 4.77 Å². The Morgan fingerprint density at radius 3 is 2.76 bits per heavy atom. The van der Waals surface area contributed by atoms with Gasteiger partial charge < -0.3 is 15.2 Å². The summed E-state index contributed by atoms with van der Waals surface area (Å²) in [7, 11) is 1.49. The van der Waals surface area contributed by atoms with Gasteiger partial charge in [0.25, 0.3) is 5.91 Å². The highest BCUT2D eigenvalue weighted by molar-refractivity contribution is 7.71. The summed E-state index contributed by atoms with van der Waals surface area (Å²) >= 11 is 5.24. The summed E-state index contributed by atoms with van der Waals surface area (Å²) in [6.45, 7) is -0.249. The molecule has 1 aromatic heterocycles. The zero-order valence-electron chi connectivity index (χ0n) is 15.5. The number of rotatable bonds is 8. The van der Waals surface area contributed by atoms with Crippen LogP contribution in [0.4, 0.5) is 4.39 Å². The van der Waals surface area contributed by atoms with Crippen LogP contribution in [0.15, 0.2) is 47.6 Å². The second-order valence-electron chi connectivity index (χ2n) is 5.97. The van der Waals surface area contributed by atoms with E-state index in [1.54, 1.807) is 36.5 Å². The SMILES string of the molecule is COc1cc(/C=N\n2c(Cc3ccc(F)cc3)n[nH]c2=S)ccc1OCC(N)=O. The topological polar surface area (TPSA) is 108 Å². The summed E-state index contributed by atoms with van der Waals surface area (Å²) in [5.74, 6) is 0.507. The average molecular weight is 415 g/mol. The quantitative estimate of drug-likeness (QED) is 0.434. The number of H-pyrrole nitrogens is 1. The molecule has 0 atom stereocenters. The maximum Gasteiger partial charge on any atom is 0.255 e. The summed E-state index contributed by atoms with van der Waals surface area (Å²) in [5.41, 5.74) is 6.67. The van der Waals surface area contributed by atoms with Gasteiger partial charge in [0.05, 0.1) is 13.3 Å². The molecule has 0 unspecified atom stereocenters. The number of ether oxygens (including phenoxy) is 2. The fourth-order valence-electron chi connectivity index (χ4n) is 2.50. The fraction of sp³-hybridized carbons (Fsp3) is 0.158. The molecule has 3 aromatic rings. The molecule has 150 valence electrons. The second-order valence-corrected chi connectivity index (χ2v) is 6.36. The lowest BCUT2D eigenvalue weighted by Crippen LogP contribution is -2.20. The number of aromatic nitrogens is 3. The molecule has 0 aliphatic carbocycles. The van der Waals surface area contributed by atoms with Gasteiger partial charge >= 0.3 is 0 Å². The van der Waals surface area contributed by atoms with E-state index >= 15 is 0 Å². The van der Waals surface area contributed by atoms with Crippen molar-refractivity contribution in [1.82, 2.24) is 14.9 Å². The van der Waals surface area contributed by atoms with E-state index in [1.807, 2.05) is 0 Å². The molecule has 0 aliphatic rings. The number of hydrogen-bond acceptors (Lipinski definition) is 6. The zero-order chi connectivity index (χ0) is 20.8. The molecule has 0 fully saturated rings. The third-order valence-electron chi connectivity index (χ3n) is 3.87. The summed E-state index contributed by atoms with van der Waals surface area (Å²) in [6.07, 6.45) is 2.01. The maximum atomic E-state index is 13.1. The van der Waals surface area contributed by atoms with Gasteiger partial charge in [0.1, 0.15) is 5.82 Å². The molecule has 0 aliphatic heterocycles. The molecule has 0 saturated carbocycles. The molecule has 2 aromatic carbocycles. The number of halogens is 1. The van der Waals surface area contributed by atoms with Crippen molar-refractivity contribution >= 4 is 24.3 Å². The lowest BCUT2D eigenvalue weighted by Gasteiger charge is -2.09. The third kappa shape index (κ3) is 5.26.